The summed E-state index contributed by atoms with van der Waals surface area (Å²) in [5.74, 6) is 0. The minimum atomic E-state index is 1.23. The van der Waals surface area contributed by atoms with Crippen LogP contribution in [0.1, 0.15) is 0 Å². The summed E-state index contributed by atoms with van der Waals surface area (Å²) in [7, 11) is 0. The molecule has 0 nitrogen and oxygen atoms in total. The highest BCUT2D eigenvalue weighted by atomic mass is 14.2. The topological polar surface area (TPSA) is 0 Å². The summed E-state index contributed by atoms with van der Waals surface area (Å²) >= 11 is 0. The van der Waals surface area contributed by atoms with E-state index in [9.17, 15) is 0 Å². The maximum atomic E-state index is 2.38. The average Bonchev–Trinajstić information content (AvgIpc) is 3.13. The molecule has 0 unspecified atom stereocenters. The van der Waals surface area contributed by atoms with Crippen LogP contribution < -0.4 is 0 Å². The van der Waals surface area contributed by atoms with Crippen LogP contribution in [-0.4, -0.2) is 0 Å². The third kappa shape index (κ3) is 4.38. The lowest BCUT2D eigenvalue weighted by molar-refractivity contribution is 1.61. The number of hydrogen-bond acceptors (Lipinski definition) is 0. The Morgan fingerprint density at radius 3 is 1.39 bits per heavy atom. The molecule has 0 spiro atoms. The molecule has 0 fully saturated rings. The van der Waals surface area contributed by atoms with E-state index in [1.807, 2.05) is 0 Å². The molecular formula is C46H30. The minimum absolute atomic E-state index is 1.23. The van der Waals surface area contributed by atoms with E-state index in [0.29, 0.717) is 0 Å². The Hall–Kier alpha value is -5.98. The molecule has 0 saturated heterocycles. The third-order valence-electron chi connectivity index (χ3n) is 9.42. The van der Waals surface area contributed by atoms with Gasteiger partial charge in [-0.25, -0.2) is 0 Å². The van der Waals surface area contributed by atoms with Crippen molar-refractivity contribution in [1.82, 2.24) is 0 Å². The molecule has 0 heterocycles. The summed E-state index contributed by atoms with van der Waals surface area (Å²) < 4.78 is 0. The van der Waals surface area contributed by atoms with E-state index < -0.39 is 0 Å². The molecule has 0 N–H and O–H groups in total. The first-order chi connectivity index (χ1) is 22.8. The highest BCUT2D eigenvalue weighted by molar-refractivity contribution is 6.22. The first kappa shape index (κ1) is 26.4. The van der Waals surface area contributed by atoms with E-state index in [1.54, 1.807) is 0 Å². The highest BCUT2D eigenvalue weighted by Gasteiger charge is 2.17. The van der Waals surface area contributed by atoms with Crippen molar-refractivity contribution in [1.29, 1.82) is 0 Å². The Labute approximate surface area is 268 Å². The van der Waals surface area contributed by atoms with Crippen LogP contribution in [0.4, 0.5) is 0 Å². The standard InChI is InChI=1S/C46H30/c1-2-12-31(13-3-1)34-16-10-17-36(28-34)45-41-19-6-8-21-43(41)46(44-22-9-7-20-42(44)45)37-27-25-32-24-26-35(29-38(32)30-37)40-23-11-15-33-14-4-5-18-39(33)40/h1-30H. The molecule has 0 heteroatoms. The summed E-state index contributed by atoms with van der Waals surface area (Å²) in [6.07, 6.45) is 0. The van der Waals surface area contributed by atoms with Gasteiger partial charge in [-0.3, -0.25) is 0 Å². The lowest BCUT2D eigenvalue weighted by atomic mass is 9.85. The summed E-state index contributed by atoms with van der Waals surface area (Å²) in [5.41, 5.74) is 10.0. The Morgan fingerprint density at radius 1 is 0.217 bits per heavy atom. The van der Waals surface area contributed by atoms with Crippen LogP contribution in [0.15, 0.2) is 182 Å². The molecule has 0 atom stereocenters. The van der Waals surface area contributed by atoms with Gasteiger partial charge in [-0.15, -0.1) is 0 Å². The van der Waals surface area contributed by atoms with Gasteiger partial charge >= 0.3 is 0 Å². The predicted molar refractivity (Wildman–Crippen MR) is 198 cm³/mol. The maximum Gasteiger partial charge on any atom is -0.00262 e. The van der Waals surface area contributed by atoms with Gasteiger partial charge in [0.15, 0.2) is 0 Å². The van der Waals surface area contributed by atoms with E-state index in [1.165, 1.54) is 87.6 Å². The van der Waals surface area contributed by atoms with Crippen LogP contribution in [0.5, 0.6) is 0 Å². The second kappa shape index (κ2) is 10.9. The quantitative estimate of drug-likeness (QED) is 0.181. The van der Waals surface area contributed by atoms with Crippen LogP contribution in [0.2, 0.25) is 0 Å². The second-order valence-corrected chi connectivity index (χ2v) is 12.1. The van der Waals surface area contributed by atoms with Crippen LogP contribution in [-0.2, 0) is 0 Å². The van der Waals surface area contributed by atoms with E-state index in [4.69, 9.17) is 0 Å². The van der Waals surface area contributed by atoms with Gasteiger partial charge in [-0.2, -0.15) is 0 Å². The van der Waals surface area contributed by atoms with Crippen LogP contribution >= 0.6 is 0 Å². The normalized spacial score (nSPS) is 11.5. The van der Waals surface area contributed by atoms with Crippen LogP contribution in [0.3, 0.4) is 0 Å². The zero-order valence-corrected chi connectivity index (χ0v) is 25.3. The largest absolute Gasteiger partial charge is 0.0622 e. The van der Waals surface area contributed by atoms with E-state index in [-0.39, 0.29) is 0 Å². The van der Waals surface area contributed by atoms with E-state index in [2.05, 4.69) is 182 Å². The van der Waals surface area contributed by atoms with Gasteiger partial charge in [0, 0.05) is 0 Å². The van der Waals surface area contributed by atoms with Gasteiger partial charge in [0.2, 0.25) is 0 Å². The van der Waals surface area contributed by atoms with Crippen molar-refractivity contribution in [2.45, 2.75) is 0 Å². The highest BCUT2D eigenvalue weighted by Crippen LogP contribution is 2.45. The lowest BCUT2D eigenvalue weighted by Gasteiger charge is -2.18. The van der Waals surface area contributed by atoms with Gasteiger partial charge in [0.25, 0.3) is 0 Å². The zero-order valence-electron chi connectivity index (χ0n) is 25.3. The van der Waals surface area contributed by atoms with Crippen LogP contribution in [0.25, 0.3) is 87.6 Å². The molecule has 46 heavy (non-hydrogen) atoms. The van der Waals surface area contributed by atoms with Crippen molar-refractivity contribution >= 4 is 43.1 Å². The maximum absolute atomic E-state index is 2.38. The lowest BCUT2D eigenvalue weighted by Crippen LogP contribution is -1.91. The van der Waals surface area contributed by atoms with Crippen molar-refractivity contribution in [3.63, 3.8) is 0 Å². The van der Waals surface area contributed by atoms with Gasteiger partial charge in [-0.05, 0) is 106 Å². The SMILES string of the molecule is c1ccc(-c2cccc(-c3c4ccccc4c(-c4ccc5ccc(-c6cccc7ccccc67)cc5c4)c4ccccc34)c2)cc1. The molecule has 0 radical (unpaired) electrons. The Balaban J connectivity index is 1.27. The summed E-state index contributed by atoms with van der Waals surface area (Å²) in [5, 5.41) is 10.1. The van der Waals surface area contributed by atoms with Crippen molar-refractivity contribution in [2.75, 3.05) is 0 Å². The summed E-state index contributed by atoms with van der Waals surface area (Å²) in [6.45, 7) is 0. The summed E-state index contributed by atoms with van der Waals surface area (Å²) in [6, 6.07) is 66.5. The number of benzene rings is 9. The van der Waals surface area contributed by atoms with Crippen molar-refractivity contribution in [2.24, 2.45) is 0 Å². The van der Waals surface area contributed by atoms with Crippen LogP contribution in [0, 0.1) is 0 Å². The molecule has 0 amide bonds. The first-order valence-corrected chi connectivity index (χ1v) is 15.9. The molecule has 214 valence electrons. The smallest absolute Gasteiger partial charge is 0.00262 e. The fourth-order valence-corrected chi connectivity index (χ4v) is 7.28. The van der Waals surface area contributed by atoms with Gasteiger partial charge in [-0.1, -0.05) is 164 Å². The fourth-order valence-electron chi connectivity index (χ4n) is 7.28. The third-order valence-corrected chi connectivity index (χ3v) is 9.42. The van der Waals surface area contributed by atoms with E-state index in [0.717, 1.165) is 0 Å². The molecule has 0 saturated carbocycles. The van der Waals surface area contributed by atoms with Gasteiger partial charge in [0.1, 0.15) is 0 Å². The monoisotopic (exact) mass is 582 g/mol. The van der Waals surface area contributed by atoms with Crippen molar-refractivity contribution in [3.05, 3.63) is 182 Å². The van der Waals surface area contributed by atoms with Gasteiger partial charge < -0.3 is 0 Å². The van der Waals surface area contributed by atoms with Crippen molar-refractivity contribution < 1.29 is 0 Å². The fraction of sp³-hybridized carbons (Fsp3) is 0. The molecule has 9 aromatic carbocycles. The first-order valence-electron chi connectivity index (χ1n) is 15.9. The molecule has 9 rings (SSSR count). The second-order valence-electron chi connectivity index (χ2n) is 12.1. The number of fused-ring (bicyclic) bond motifs is 4. The molecule has 0 aromatic heterocycles. The zero-order chi connectivity index (χ0) is 30.5. The average molecular weight is 583 g/mol. The Kier molecular flexibility index (Phi) is 6.25. The Morgan fingerprint density at radius 2 is 0.696 bits per heavy atom. The Bertz CT molecular complexity index is 2510. The van der Waals surface area contributed by atoms with Gasteiger partial charge in [0.05, 0.1) is 0 Å². The molecule has 0 aliphatic carbocycles. The minimum Gasteiger partial charge on any atom is -0.0622 e. The predicted octanol–water partition coefficient (Wildman–Crippen LogP) is 13.0. The number of hydrogen-bond donors (Lipinski definition) is 0. The molecular weight excluding hydrogens is 553 g/mol. The molecule has 0 aliphatic heterocycles. The molecule has 0 bridgehead atoms. The molecule has 9 aromatic rings. The van der Waals surface area contributed by atoms with E-state index >= 15 is 0 Å². The number of rotatable bonds is 4. The van der Waals surface area contributed by atoms with Crippen molar-refractivity contribution in [3.8, 4) is 44.5 Å². The summed E-state index contributed by atoms with van der Waals surface area (Å²) in [4.78, 5) is 0. The molecule has 0 aliphatic rings.